The molecular formula is C30H33N3O2. The standard InChI is InChI=1S/C30H33N3O2/c1-21-10-13-25(14-11-21)33-20-24(19-29(33)34)30-31-27-8-4-5-9-28(27)32(30)16-6-7-17-35-26-15-12-22(2)23(3)18-26/h4-5,8-15,18,24H,6-7,16-17,19-20H2,1-3H3. The maximum atomic E-state index is 12.9. The number of aryl methyl sites for hydroxylation is 4. The van der Waals surface area contributed by atoms with E-state index in [1.54, 1.807) is 0 Å². The molecule has 5 nitrogen and oxygen atoms in total. The summed E-state index contributed by atoms with van der Waals surface area (Å²) >= 11 is 0. The number of benzene rings is 3. The van der Waals surface area contributed by atoms with Crippen LogP contribution in [0.15, 0.2) is 66.7 Å². The van der Waals surface area contributed by atoms with Gasteiger partial charge in [0.05, 0.1) is 17.6 Å². The van der Waals surface area contributed by atoms with Crippen molar-refractivity contribution in [1.82, 2.24) is 9.55 Å². The summed E-state index contributed by atoms with van der Waals surface area (Å²) in [5.41, 5.74) is 6.83. The average molecular weight is 468 g/mol. The maximum Gasteiger partial charge on any atom is 0.227 e. The summed E-state index contributed by atoms with van der Waals surface area (Å²) in [5.74, 6) is 2.20. The fraction of sp³-hybridized carbons (Fsp3) is 0.333. The Morgan fingerprint density at radius 2 is 1.74 bits per heavy atom. The van der Waals surface area contributed by atoms with Gasteiger partial charge < -0.3 is 14.2 Å². The number of imidazole rings is 1. The molecule has 0 radical (unpaired) electrons. The third-order valence-corrected chi connectivity index (χ3v) is 7.04. The molecule has 1 saturated heterocycles. The lowest BCUT2D eigenvalue weighted by atomic mass is 10.1. The van der Waals surface area contributed by atoms with Crippen molar-refractivity contribution < 1.29 is 9.53 Å². The number of aromatic nitrogens is 2. The Morgan fingerprint density at radius 3 is 2.54 bits per heavy atom. The minimum Gasteiger partial charge on any atom is -0.494 e. The normalized spacial score (nSPS) is 15.8. The van der Waals surface area contributed by atoms with E-state index in [-0.39, 0.29) is 11.8 Å². The number of rotatable bonds is 8. The van der Waals surface area contributed by atoms with Crippen molar-refractivity contribution in [3.05, 3.63) is 89.2 Å². The Labute approximate surface area is 207 Å². The van der Waals surface area contributed by atoms with E-state index in [0.29, 0.717) is 19.6 Å². The van der Waals surface area contributed by atoms with E-state index in [1.807, 2.05) is 29.2 Å². The minimum atomic E-state index is 0.0861. The van der Waals surface area contributed by atoms with E-state index >= 15 is 0 Å². The quantitative estimate of drug-likeness (QED) is 0.284. The van der Waals surface area contributed by atoms with Crippen LogP contribution in [0.3, 0.4) is 0 Å². The van der Waals surface area contributed by atoms with Crippen molar-refractivity contribution in [2.24, 2.45) is 0 Å². The van der Waals surface area contributed by atoms with Gasteiger partial charge in [0.2, 0.25) is 5.91 Å². The molecule has 1 aromatic heterocycles. The van der Waals surface area contributed by atoms with Crippen molar-refractivity contribution in [2.45, 2.75) is 52.5 Å². The predicted molar refractivity (Wildman–Crippen MR) is 141 cm³/mol. The van der Waals surface area contributed by atoms with Gasteiger partial charge in [-0.1, -0.05) is 35.9 Å². The molecule has 0 saturated carbocycles. The van der Waals surface area contributed by atoms with E-state index in [2.05, 4.69) is 67.8 Å². The lowest BCUT2D eigenvalue weighted by molar-refractivity contribution is -0.117. The van der Waals surface area contributed by atoms with Crippen LogP contribution >= 0.6 is 0 Å². The molecule has 0 aliphatic carbocycles. The Bertz CT molecular complexity index is 1340. The van der Waals surface area contributed by atoms with Gasteiger partial charge in [-0.3, -0.25) is 4.79 Å². The second-order valence-electron chi connectivity index (χ2n) is 9.65. The molecule has 0 bridgehead atoms. The van der Waals surface area contributed by atoms with Gasteiger partial charge in [0.15, 0.2) is 0 Å². The van der Waals surface area contributed by atoms with E-state index < -0.39 is 0 Å². The fourth-order valence-corrected chi connectivity index (χ4v) is 4.86. The first kappa shape index (κ1) is 23.2. The zero-order valence-electron chi connectivity index (χ0n) is 20.8. The fourth-order valence-electron chi connectivity index (χ4n) is 4.86. The second-order valence-corrected chi connectivity index (χ2v) is 9.65. The van der Waals surface area contributed by atoms with Gasteiger partial charge in [0.25, 0.3) is 0 Å². The molecule has 180 valence electrons. The zero-order chi connectivity index (χ0) is 24.4. The summed E-state index contributed by atoms with van der Waals surface area (Å²) in [5, 5.41) is 0. The highest BCUT2D eigenvalue weighted by molar-refractivity contribution is 5.96. The number of amides is 1. The van der Waals surface area contributed by atoms with Crippen molar-refractivity contribution in [3.63, 3.8) is 0 Å². The van der Waals surface area contributed by atoms with Crippen LogP contribution < -0.4 is 9.64 Å². The van der Waals surface area contributed by atoms with Crippen LogP contribution in [-0.4, -0.2) is 28.6 Å². The molecule has 0 N–H and O–H groups in total. The largest absolute Gasteiger partial charge is 0.494 e. The van der Waals surface area contributed by atoms with E-state index in [0.717, 1.165) is 47.7 Å². The molecule has 1 amide bonds. The number of carbonyl (C=O) groups is 1. The molecule has 0 spiro atoms. The van der Waals surface area contributed by atoms with Crippen molar-refractivity contribution >= 4 is 22.6 Å². The van der Waals surface area contributed by atoms with Gasteiger partial charge in [-0.2, -0.15) is 0 Å². The lowest BCUT2D eigenvalue weighted by Crippen LogP contribution is -2.24. The highest BCUT2D eigenvalue weighted by atomic mass is 16.5. The van der Waals surface area contributed by atoms with Crippen LogP contribution in [-0.2, 0) is 11.3 Å². The third kappa shape index (κ3) is 4.95. The number of hydrogen-bond donors (Lipinski definition) is 0. The van der Waals surface area contributed by atoms with Gasteiger partial charge in [-0.15, -0.1) is 0 Å². The molecule has 5 heteroatoms. The molecule has 5 rings (SSSR count). The van der Waals surface area contributed by atoms with Crippen LogP contribution in [0.2, 0.25) is 0 Å². The number of nitrogens with zero attached hydrogens (tertiary/aromatic N) is 3. The second kappa shape index (κ2) is 9.95. The van der Waals surface area contributed by atoms with Crippen LogP contribution in [0.1, 0.15) is 47.7 Å². The highest BCUT2D eigenvalue weighted by Gasteiger charge is 2.34. The molecule has 1 unspecified atom stereocenters. The van der Waals surface area contributed by atoms with Crippen molar-refractivity contribution in [3.8, 4) is 5.75 Å². The van der Waals surface area contributed by atoms with Gasteiger partial charge in [-0.05, 0) is 81.1 Å². The molecule has 1 atom stereocenters. The van der Waals surface area contributed by atoms with Crippen LogP contribution in [0.25, 0.3) is 11.0 Å². The van der Waals surface area contributed by atoms with E-state index in [1.165, 1.54) is 16.7 Å². The summed E-state index contributed by atoms with van der Waals surface area (Å²) in [6, 6.07) is 22.7. The number of para-hydroxylation sites is 2. The number of ether oxygens (including phenoxy) is 1. The topological polar surface area (TPSA) is 47.4 Å². The monoisotopic (exact) mass is 467 g/mol. The van der Waals surface area contributed by atoms with Crippen LogP contribution in [0.4, 0.5) is 5.69 Å². The Balaban J connectivity index is 1.28. The number of anilines is 1. The van der Waals surface area contributed by atoms with Crippen LogP contribution in [0, 0.1) is 20.8 Å². The Hall–Kier alpha value is -3.60. The SMILES string of the molecule is Cc1ccc(N2CC(c3nc4ccccc4n3CCCCOc3ccc(C)c(C)c3)CC2=O)cc1. The smallest absolute Gasteiger partial charge is 0.227 e. The molecule has 3 aromatic carbocycles. The lowest BCUT2D eigenvalue weighted by Gasteiger charge is -2.18. The van der Waals surface area contributed by atoms with Crippen molar-refractivity contribution in [1.29, 1.82) is 0 Å². The molecular weight excluding hydrogens is 434 g/mol. The zero-order valence-corrected chi connectivity index (χ0v) is 20.8. The summed E-state index contributed by atoms with van der Waals surface area (Å²) in [4.78, 5) is 19.8. The number of fused-ring (bicyclic) bond motifs is 1. The molecule has 1 aliphatic rings. The summed E-state index contributed by atoms with van der Waals surface area (Å²) < 4.78 is 8.31. The predicted octanol–water partition coefficient (Wildman–Crippen LogP) is 6.34. The minimum absolute atomic E-state index is 0.0861. The summed E-state index contributed by atoms with van der Waals surface area (Å²) in [7, 11) is 0. The van der Waals surface area contributed by atoms with E-state index in [4.69, 9.17) is 9.72 Å². The highest BCUT2D eigenvalue weighted by Crippen LogP contribution is 2.33. The number of hydrogen-bond acceptors (Lipinski definition) is 3. The third-order valence-electron chi connectivity index (χ3n) is 7.04. The Kier molecular flexibility index (Phi) is 6.58. The maximum absolute atomic E-state index is 12.9. The average Bonchev–Trinajstić information content (AvgIpc) is 3.42. The number of carbonyl (C=O) groups excluding carboxylic acids is 1. The first-order valence-electron chi connectivity index (χ1n) is 12.5. The molecule has 1 aliphatic heterocycles. The first-order valence-corrected chi connectivity index (χ1v) is 12.5. The van der Waals surface area contributed by atoms with Gasteiger partial charge >= 0.3 is 0 Å². The molecule has 35 heavy (non-hydrogen) atoms. The summed E-state index contributed by atoms with van der Waals surface area (Å²) in [6.45, 7) is 8.51. The molecule has 2 heterocycles. The summed E-state index contributed by atoms with van der Waals surface area (Å²) in [6.07, 6.45) is 2.44. The van der Waals surface area contributed by atoms with Crippen molar-refractivity contribution in [2.75, 3.05) is 18.1 Å². The number of unbranched alkanes of at least 4 members (excludes halogenated alkanes) is 1. The van der Waals surface area contributed by atoms with E-state index in [9.17, 15) is 4.79 Å². The molecule has 1 fully saturated rings. The van der Waals surface area contributed by atoms with Gasteiger partial charge in [0.1, 0.15) is 11.6 Å². The van der Waals surface area contributed by atoms with Gasteiger partial charge in [-0.25, -0.2) is 4.98 Å². The first-order chi connectivity index (χ1) is 17.0. The van der Waals surface area contributed by atoms with Gasteiger partial charge in [0, 0.05) is 31.1 Å². The Morgan fingerprint density at radius 1 is 0.943 bits per heavy atom. The molecule has 4 aromatic rings. The van der Waals surface area contributed by atoms with Crippen LogP contribution in [0.5, 0.6) is 5.75 Å².